The van der Waals surface area contributed by atoms with Gasteiger partial charge in [0.25, 0.3) is 0 Å². The Bertz CT molecular complexity index is 650. The first kappa shape index (κ1) is 14.0. The normalized spacial score (nSPS) is 30.2. The number of hydrogen-bond donors (Lipinski definition) is 3. The summed E-state index contributed by atoms with van der Waals surface area (Å²) in [6, 6.07) is 3.10. The molecule has 1 fully saturated rings. The van der Waals surface area contributed by atoms with Crippen molar-refractivity contribution in [3.05, 3.63) is 22.2 Å². The third-order valence-corrected chi connectivity index (χ3v) is 3.99. The molecule has 0 unspecified atom stereocenters. The summed E-state index contributed by atoms with van der Waals surface area (Å²) in [6.07, 6.45) is -4.26. The summed E-state index contributed by atoms with van der Waals surface area (Å²) in [5.74, 6) is 0. The van der Waals surface area contributed by atoms with Crippen LogP contribution >= 0.6 is 23.2 Å². The van der Waals surface area contributed by atoms with Gasteiger partial charge < -0.3 is 20.1 Å². The molecule has 108 valence electrons. The Morgan fingerprint density at radius 3 is 2.55 bits per heavy atom. The Labute approximate surface area is 123 Å². The van der Waals surface area contributed by atoms with Gasteiger partial charge >= 0.3 is 0 Å². The van der Waals surface area contributed by atoms with Crippen molar-refractivity contribution in [2.45, 2.75) is 24.5 Å². The number of benzene rings is 1. The summed E-state index contributed by atoms with van der Waals surface area (Å²) in [6.45, 7) is -0.409. The van der Waals surface area contributed by atoms with Gasteiger partial charge in [-0.15, -0.1) is 5.10 Å². The maximum atomic E-state index is 9.98. The van der Waals surface area contributed by atoms with Crippen LogP contribution in [-0.2, 0) is 4.74 Å². The largest absolute Gasteiger partial charge is 0.394 e. The number of rotatable bonds is 2. The van der Waals surface area contributed by atoms with Crippen molar-refractivity contribution in [2.24, 2.45) is 0 Å². The lowest BCUT2D eigenvalue weighted by Gasteiger charge is -2.15. The van der Waals surface area contributed by atoms with Crippen LogP contribution in [0.1, 0.15) is 6.23 Å². The molecule has 1 aromatic carbocycles. The van der Waals surface area contributed by atoms with E-state index < -0.39 is 31.1 Å². The van der Waals surface area contributed by atoms with Gasteiger partial charge in [0, 0.05) is 0 Å². The molecular weight excluding hydrogens is 309 g/mol. The fraction of sp³-hybridized carbons (Fsp3) is 0.455. The second-order valence-corrected chi connectivity index (χ2v) is 5.33. The van der Waals surface area contributed by atoms with E-state index in [2.05, 4.69) is 10.3 Å². The van der Waals surface area contributed by atoms with Gasteiger partial charge in [0.15, 0.2) is 6.23 Å². The molecule has 20 heavy (non-hydrogen) atoms. The van der Waals surface area contributed by atoms with Gasteiger partial charge in [0.2, 0.25) is 0 Å². The molecule has 4 atom stereocenters. The van der Waals surface area contributed by atoms with Crippen LogP contribution in [0.15, 0.2) is 12.1 Å². The molecule has 1 saturated heterocycles. The molecular formula is C11H11Cl2N3O4. The summed E-state index contributed by atoms with van der Waals surface area (Å²) >= 11 is 11.8. The van der Waals surface area contributed by atoms with Crippen LogP contribution in [0.25, 0.3) is 11.0 Å². The molecule has 3 N–H and O–H groups in total. The lowest BCUT2D eigenvalue weighted by atomic mass is 10.1. The summed E-state index contributed by atoms with van der Waals surface area (Å²) in [7, 11) is 0. The maximum absolute atomic E-state index is 9.98. The molecule has 9 heteroatoms. The topological polar surface area (TPSA) is 101 Å². The van der Waals surface area contributed by atoms with Crippen LogP contribution in [0, 0.1) is 0 Å². The van der Waals surface area contributed by atoms with Gasteiger partial charge in [-0.2, -0.15) is 0 Å². The predicted octanol–water partition coefficient (Wildman–Crippen LogP) is 0.350. The Kier molecular flexibility index (Phi) is 3.57. The lowest BCUT2D eigenvalue weighted by Crippen LogP contribution is -2.33. The molecule has 0 spiro atoms. The lowest BCUT2D eigenvalue weighted by molar-refractivity contribution is -0.0572. The minimum absolute atomic E-state index is 0.314. The molecule has 1 aliphatic rings. The molecule has 2 heterocycles. The zero-order valence-corrected chi connectivity index (χ0v) is 11.5. The Morgan fingerprint density at radius 2 is 1.90 bits per heavy atom. The number of nitrogens with zero attached hydrogens (tertiary/aromatic N) is 3. The van der Waals surface area contributed by atoms with Gasteiger partial charge in [-0.1, -0.05) is 28.4 Å². The molecule has 1 aromatic heterocycles. The van der Waals surface area contributed by atoms with Crippen molar-refractivity contribution in [3.63, 3.8) is 0 Å². The fourth-order valence-corrected chi connectivity index (χ4v) is 2.52. The number of hydrogen-bond acceptors (Lipinski definition) is 6. The molecule has 3 rings (SSSR count). The maximum Gasteiger partial charge on any atom is 0.181 e. The van der Waals surface area contributed by atoms with Crippen molar-refractivity contribution in [1.82, 2.24) is 15.0 Å². The van der Waals surface area contributed by atoms with Crippen molar-refractivity contribution in [2.75, 3.05) is 6.61 Å². The average Bonchev–Trinajstić information content (AvgIpc) is 2.94. The van der Waals surface area contributed by atoms with Crippen LogP contribution in [0.5, 0.6) is 0 Å². The monoisotopic (exact) mass is 319 g/mol. The Morgan fingerprint density at radius 1 is 1.20 bits per heavy atom. The quantitative estimate of drug-likeness (QED) is 0.738. The fourth-order valence-electron chi connectivity index (χ4n) is 2.20. The molecule has 0 radical (unpaired) electrons. The second-order valence-electron chi connectivity index (χ2n) is 4.52. The van der Waals surface area contributed by atoms with Crippen LogP contribution in [0.3, 0.4) is 0 Å². The highest BCUT2D eigenvalue weighted by molar-refractivity contribution is 6.42. The van der Waals surface area contributed by atoms with Crippen LogP contribution < -0.4 is 0 Å². The van der Waals surface area contributed by atoms with E-state index in [9.17, 15) is 10.2 Å². The minimum Gasteiger partial charge on any atom is -0.394 e. The molecule has 7 nitrogen and oxygen atoms in total. The zero-order valence-electron chi connectivity index (χ0n) is 10.0. The van der Waals surface area contributed by atoms with E-state index in [0.29, 0.717) is 21.1 Å². The summed E-state index contributed by atoms with van der Waals surface area (Å²) in [4.78, 5) is 0. The first-order valence-electron chi connectivity index (χ1n) is 5.85. The van der Waals surface area contributed by atoms with Crippen molar-refractivity contribution < 1.29 is 20.1 Å². The number of aliphatic hydroxyl groups excluding tert-OH is 3. The SMILES string of the molecule is OC[C@@H]1O[C@@H](n2nnc3cc(Cl)c(Cl)cc32)[C@@H](O)[C@@H]1O. The molecule has 2 aromatic rings. The Hall–Kier alpha value is -0.960. The molecule has 0 bridgehead atoms. The van der Waals surface area contributed by atoms with Crippen LogP contribution in [-0.4, -0.2) is 55.2 Å². The van der Waals surface area contributed by atoms with Gasteiger partial charge in [-0.3, -0.25) is 0 Å². The van der Waals surface area contributed by atoms with Crippen LogP contribution in [0.2, 0.25) is 10.0 Å². The van der Waals surface area contributed by atoms with Crippen molar-refractivity contribution in [3.8, 4) is 0 Å². The molecule has 0 saturated carbocycles. The highest BCUT2D eigenvalue weighted by Gasteiger charge is 2.44. The summed E-state index contributed by atoms with van der Waals surface area (Å²) in [5.41, 5.74) is 0.992. The number of fused-ring (bicyclic) bond motifs is 1. The molecule has 0 aliphatic carbocycles. The van der Waals surface area contributed by atoms with E-state index in [4.69, 9.17) is 33.0 Å². The molecule has 0 amide bonds. The van der Waals surface area contributed by atoms with Gasteiger partial charge in [0.05, 0.1) is 22.2 Å². The van der Waals surface area contributed by atoms with E-state index in [-0.39, 0.29) is 0 Å². The molecule has 1 aliphatic heterocycles. The van der Waals surface area contributed by atoms with E-state index in [1.165, 1.54) is 4.68 Å². The van der Waals surface area contributed by atoms with Gasteiger partial charge in [-0.25, -0.2) is 4.68 Å². The smallest absolute Gasteiger partial charge is 0.181 e. The third-order valence-electron chi connectivity index (χ3n) is 3.27. The summed E-state index contributed by atoms with van der Waals surface area (Å²) in [5, 5.41) is 37.3. The zero-order chi connectivity index (χ0) is 14.4. The standard InChI is InChI=1S/C11H11Cl2N3O4/c12-4-1-6-7(2-5(4)13)16(15-14-6)11-10(19)9(18)8(3-17)20-11/h1-2,8-11,17-19H,3H2/t8-,9+,10-,11+/m0/s1. The highest BCUT2D eigenvalue weighted by atomic mass is 35.5. The highest BCUT2D eigenvalue weighted by Crippen LogP contribution is 2.33. The first-order valence-corrected chi connectivity index (χ1v) is 6.61. The average molecular weight is 320 g/mol. The third kappa shape index (κ3) is 2.07. The Balaban J connectivity index is 2.05. The minimum atomic E-state index is -1.23. The summed E-state index contributed by atoms with van der Waals surface area (Å²) < 4.78 is 6.70. The van der Waals surface area contributed by atoms with E-state index >= 15 is 0 Å². The number of aromatic nitrogens is 3. The van der Waals surface area contributed by atoms with E-state index in [0.717, 1.165) is 0 Å². The number of aliphatic hydroxyl groups is 3. The first-order chi connectivity index (χ1) is 9.52. The number of ether oxygens (including phenoxy) is 1. The van der Waals surface area contributed by atoms with E-state index in [1.54, 1.807) is 12.1 Å². The van der Waals surface area contributed by atoms with Crippen molar-refractivity contribution >= 4 is 34.2 Å². The van der Waals surface area contributed by atoms with Crippen molar-refractivity contribution in [1.29, 1.82) is 0 Å². The predicted molar refractivity (Wildman–Crippen MR) is 70.6 cm³/mol. The van der Waals surface area contributed by atoms with Gasteiger partial charge in [0.1, 0.15) is 23.8 Å². The van der Waals surface area contributed by atoms with Crippen LogP contribution in [0.4, 0.5) is 0 Å². The number of halogens is 2. The second kappa shape index (κ2) is 5.10. The van der Waals surface area contributed by atoms with Gasteiger partial charge in [-0.05, 0) is 12.1 Å². The van der Waals surface area contributed by atoms with E-state index in [1.807, 2.05) is 0 Å².